The van der Waals surface area contributed by atoms with Crippen LogP contribution in [0.5, 0.6) is 0 Å². The lowest BCUT2D eigenvalue weighted by Crippen LogP contribution is -2.37. The quantitative estimate of drug-likeness (QED) is 0.812. The van der Waals surface area contributed by atoms with Gasteiger partial charge in [-0.05, 0) is 43.4 Å². The number of hydrogen-bond acceptors (Lipinski definition) is 5. The van der Waals surface area contributed by atoms with Gasteiger partial charge in [0.05, 0.1) is 23.0 Å². The minimum absolute atomic E-state index is 0.0148. The third-order valence-electron chi connectivity index (χ3n) is 5.52. The number of carboxylic acids is 1. The minimum atomic E-state index is -3.87. The van der Waals surface area contributed by atoms with Gasteiger partial charge in [0.15, 0.2) is 0 Å². The van der Waals surface area contributed by atoms with Gasteiger partial charge < -0.3 is 9.84 Å². The average Bonchev–Trinajstić information content (AvgIpc) is 3.13. The lowest BCUT2D eigenvalue weighted by molar-refractivity contribution is -0.149. The highest BCUT2D eigenvalue weighted by Crippen LogP contribution is 2.50. The van der Waals surface area contributed by atoms with E-state index < -0.39 is 27.4 Å². The molecule has 1 heterocycles. The number of carbonyl (C=O) groups is 2. The number of fused-ring (bicyclic) bond motifs is 1. The van der Waals surface area contributed by atoms with Crippen LogP contribution in [-0.2, 0) is 19.6 Å². The molecule has 25 heavy (non-hydrogen) atoms. The van der Waals surface area contributed by atoms with Crippen LogP contribution in [0.3, 0.4) is 0 Å². The Hall–Kier alpha value is -1.93. The monoisotopic (exact) mass is 367 g/mol. The highest BCUT2D eigenvalue weighted by atomic mass is 32.2. The number of carbonyl (C=O) groups excluding carboxylic acids is 1. The van der Waals surface area contributed by atoms with E-state index in [9.17, 15) is 23.1 Å². The number of esters is 1. The molecule has 0 amide bonds. The summed E-state index contributed by atoms with van der Waals surface area (Å²) >= 11 is 0. The summed E-state index contributed by atoms with van der Waals surface area (Å²) in [5.41, 5.74) is -0.176. The third kappa shape index (κ3) is 2.73. The summed E-state index contributed by atoms with van der Waals surface area (Å²) in [5.74, 6) is -1.69. The van der Waals surface area contributed by atoms with Crippen molar-refractivity contribution in [3.8, 4) is 0 Å². The molecular formula is C17H21NO6S. The lowest BCUT2D eigenvalue weighted by Gasteiger charge is -2.23. The highest BCUT2D eigenvalue weighted by Gasteiger charge is 2.57. The van der Waals surface area contributed by atoms with Gasteiger partial charge in [-0.3, -0.25) is 4.79 Å². The molecule has 1 saturated carbocycles. The third-order valence-corrected chi connectivity index (χ3v) is 7.33. The van der Waals surface area contributed by atoms with E-state index >= 15 is 0 Å². The van der Waals surface area contributed by atoms with E-state index in [1.807, 2.05) is 0 Å². The van der Waals surface area contributed by atoms with Crippen LogP contribution < -0.4 is 0 Å². The van der Waals surface area contributed by atoms with Crippen LogP contribution in [0.2, 0.25) is 0 Å². The molecule has 0 spiro atoms. The smallest absolute Gasteiger partial charge is 0.338 e. The standard InChI is InChI=1S/C17H21NO6S/c1-11-5-6-13(8-14(11)15(19)24-2)25(22,23)18-9-12-4-3-7-17(12,10-18)16(20)21/h5-6,8,12H,3-4,7,9-10H2,1-2H3,(H,20,21)/t12-,17+/m0/s1. The van der Waals surface area contributed by atoms with Crippen molar-refractivity contribution < 1.29 is 27.9 Å². The number of hydrogen-bond donors (Lipinski definition) is 1. The van der Waals surface area contributed by atoms with Crippen molar-refractivity contribution >= 4 is 22.0 Å². The molecule has 2 aliphatic rings. The number of sulfonamides is 1. The van der Waals surface area contributed by atoms with Gasteiger partial charge in [-0.25, -0.2) is 13.2 Å². The second kappa shape index (κ2) is 6.10. The van der Waals surface area contributed by atoms with Crippen molar-refractivity contribution in [3.63, 3.8) is 0 Å². The van der Waals surface area contributed by atoms with Crippen molar-refractivity contribution in [1.82, 2.24) is 4.31 Å². The summed E-state index contributed by atoms with van der Waals surface area (Å²) in [7, 11) is -2.63. The molecule has 8 heteroatoms. The zero-order chi connectivity index (χ0) is 18.4. The van der Waals surface area contributed by atoms with Gasteiger partial charge in [-0.2, -0.15) is 4.31 Å². The molecule has 0 aromatic heterocycles. The van der Waals surface area contributed by atoms with Gasteiger partial charge in [0.1, 0.15) is 0 Å². The van der Waals surface area contributed by atoms with E-state index in [2.05, 4.69) is 0 Å². The number of benzene rings is 1. The Morgan fingerprint density at radius 2 is 2.08 bits per heavy atom. The topological polar surface area (TPSA) is 101 Å². The van der Waals surface area contributed by atoms with Gasteiger partial charge in [0, 0.05) is 13.1 Å². The van der Waals surface area contributed by atoms with Gasteiger partial charge >= 0.3 is 11.9 Å². The first-order valence-corrected chi connectivity index (χ1v) is 9.59. The SMILES string of the molecule is COC(=O)c1cc(S(=O)(=O)N2C[C@@H]3CCC[C@@]3(C(=O)O)C2)ccc1C. The molecule has 3 rings (SSSR count). The van der Waals surface area contributed by atoms with Crippen LogP contribution in [0.15, 0.2) is 23.1 Å². The van der Waals surface area contributed by atoms with E-state index in [-0.39, 0.29) is 29.5 Å². The molecule has 1 saturated heterocycles. The van der Waals surface area contributed by atoms with Crippen LogP contribution >= 0.6 is 0 Å². The first kappa shape index (κ1) is 17.9. The van der Waals surface area contributed by atoms with E-state index in [1.54, 1.807) is 13.0 Å². The molecule has 1 aliphatic heterocycles. The largest absolute Gasteiger partial charge is 0.481 e. The predicted octanol–water partition coefficient (Wildman–Crippen LogP) is 1.66. The fourth-order valence-electron chi connectivity index (χ4n) is 4.02. The Labute approximate surface area is 146 Å². The first-order valence-electron chi connectivity index (χ1n) is 8.15. The zero-order valence-electron chi connectivity index (χ0n) is 14.2. The fourth-order valence-corrected chi connectivity index (χ4v) is 5.60. The minimum Gasteiger partial charge on any atom is -0.481 e. The van der Waals surface area contributed by atoms with Crippen molar-refractivity contribution in [2.24, 2.45) is 11.3 Å². The van der Waals surface area contributed by atoms with Crippen LogP contribution in [0.4, 0.5) is 0 Å². The highest BCUT2D eigenvalue weighted by molar-refractivity contribution is 7.89. The van der Waals surface area contributed by atoms with E-state index in [1.165, 1.54) is 23.5 Å². The van der Waals surface area contributed by atoms with Gasteiger partial charge in [-0.1, -0.05) is 12.5 Å². The van der Waals surface area contributed by atoms with Crippen molar-refractivity contribution in [1.29, 1.82) is 0 Å². The second-order valence-electron chi connectivity index (χ2n) is 6.82. The lowest BCUT2D eigenvalue weighted by atomic mass is 9.81. The molecule has 1 aromatic rings. The summed E-state index contributed by atoms with van der Waals surface area (Å²) in [4.78, 5) is 23.6. The van der Waals surface area contributed by atoms with E-state index in [0.29, 0.717) is 12.0 Å². The van der Waals surface area contributed by atoms with Crippen molar-refractivity contribution in [3.05, 3.63) is 29.3 Å². The molecule has 7 nitrogen and oxygen atoms in total. The maximum absolute atomic E-state index is 13.0. The molecule has 0 bridgehead atoms. The molecular weight excluding hydrogens is 346 g/mol. The maximum atomic E-state index is 13.0. The summed E-state index contributed by atoms with van der Waals surface area (Å²) < 4.78 is 31.9. The Morgan fingerprint density at radius 3 is 2.68 bits per heavy atom. The van der Waals surface area contributed by atoms with Crippen molar-refractivity contribution in [2.45, 2.75) is 31.1 Å². The molecule has 1 N–H and O–H groups in total. The normalized spacial score (nSPS) is 26.4. The van der Waals surface area contributed by atoms with Gasteiger partial charge in [0.25, 0.3) is 0 Å². The van der Waals surface area contributed by atoms with Gasteiger partial charge in [0.2, 0.25) is 10.0 Å². The number of aliphatic carboxylic acids is 1. The molecule has 2 atom stereocenters. The first-order chi connectivity index (χ1) is 11.7. The molecule has 1 aliphatic carbocycles. The Morgan fingerprint density at radius 1 is 1.36 bits per heavy atom. The van der Waals surface area contributed by atoms with E-state index in [4.69, 9.17) is 4.74 Å². The number of ether oxygens (including phenoxy) is 1. The van der Waals surface area contributed by atoms with Crippen LogP contribution in [0.1, 0.15) is 35.2 Å². The number of nitrogens with zero attached hydrogens (tertiary/aromatic N) is 1. The fraction of sp³-hybridized carbons (Fsp3) is 0.529. The Balaban J connectivity index is 1.96. The summed E-state index contributed by atoms with van der Waals surface area (Å²) in [5, 5.41) is 9.63. The molecule has 136 valence electrons. The molecule has 0 radical (unpaired) electrons. The molecule has 0 unspecified atom stereocenters. The van der Waals surface area contributed by atoms with E-state index in [0.717, 1.165) is 12.8 Å². The van der Waals surface area contributed by atoms with Gasteiger partial charge in [-0.15, -0.1) is 0 Å². The maximum Gasteiger partial charge on any atom is 0.338 e. The summed E-state index contributed by atoms with van der Waals surface area (Å²) in [6.07, 6.45) is 2.03. The molecule has 2 fully saturated rings. The van der Waals surface area contributed by atoms with Crippen LogP contribution in [-0.4, -0.2) is 50.0 Å². The van der Waals surface area contributed by atoms with Crippen LogP contribution in [0, 0.1) is 18.3 Å². The summed E-state index contributed by atoms with van der Waals surface area (Å²) in [6, 6.07) is 4.31. The predicted molar refractivity (Wildman–Crippen MR) is 88.7 cm³/mol. The Bertz CT molecular complexity index is 834. The second-order valence-corrected chi connectivity index (χ2v) is 8.75. The Kier molecular flexibility index (Phi) is 4.36. The zero-order valence-corrected chi connectivity index (χ0v) is 15.0. The summed E-state index contributed by atoms with van der Waals surface area (Å²) in [6.45, 7) is 1.88. The van der Waals surface area contributed by atoms with Crippen LogP contribution in [0.25, 0.3) is 0 Å². The number of methoxy groups -OCH3 is 1. The average molecular weight is 367 g/mol. The van der Waals surface area contributed by atoms with Crippen molar-refractivity contribution in [2.75, 3.05) is 20.2 Å². The number of rotatable bonds is 4. The molecule has 1 aromatic carbocycles. The number of carboxylic acid groups (broad SMARTS) is 1. The number of aryl methyl sites for hydroxylation is 1.